The smallest absolute Gasteiger partial charge is 0.0836 e. The number of aliphatic hydroxyl groups excluding tert-OH is 3. The first-order valence-corrected chi connectivity index (χ1v) is 13.1. The average Bonchev–Trinajstić information content (AvgIpc) is 3.04. The lowest BCUT2D eigenvalue weighted by Crippen LogP contribution is -2.64. The summed E-state index contributed by atoms with van der Waals surface area (Å²) >= 11 is 0. The third kappa shape index (κ3) is 3.59. The summed E-state index contributed by atoms with van der Waals surface area (Å²) in [7, 11) is 0. The highest BCUT2D eigenvalue weighted by atomic mass is 16.3. The fourth-order valence-corrected chi connectivity index (χ4v) is 9.26. The molecule has 4 rings (SSSR count). The van der Waals surface area contributed by atoms with Crippen LogP contribution in [0.5, 0.6) is 0 Å². The van der Waals surface area contributed by atoms with Crippen molar-refractivity contribution < 1.29 is 15.3 Å². The summed E-state index contributed by atoms with van der Waals surface area (Å²) in [6.45, 7) is 12.0. The molecule has 4 fully saturated rings. The molecular weight excluding hydrogens is 372 g/mol. The molecule has 4 saturated carbocycles. The molecule has 0 heterocycles. The number of hydrogen-bond acceptors (Lipinski definition) is 3. The van der Waals surface area contributed by atoms with E-state index in [1.54, 1.807) is 0 Å². The van der Waals surface area contributed by atoms with Crippen LogP contribution in [0.2, 0.25) is 0 Å². The molecule has 3 nitrogen and oxygen atoms in total. The number of aliphatic hydroxyl groups is 3. The maximum absolute atomic E-state index is 11.4. The average molecular weight is 421 g/mol. The van der Waals surface area contributed by atoms with Crippen molar-refractivity contribution in [3.63, 3.8) is 0 Å². The Balaban J connectivity index is 1.54. The molecule has 0 saturated heterocycles. The molecule has 174 valence electrons. The van der Waals surface area contributed by atoms with Gasteiger partial charge in [-0.3, -0.25) is 0 Å². The number of fused-ring (bicyclic) bond motifs is 5. The fourth-order valence-electron chi connectivity index (χ4n) is 9.26. The first-order chi connectivity index (χ1) is 14.1. The molecule has 3 N–H and O–H groups in total. The second-order valence-electron chi connectivity index (χ2n) is 12.8. The Labute approximate surface area is 185 Å². The Morgan fingerprint density at radius 3 is 2.13 bits per heavy atom. The van der Waals surface area contributed by atoms with Gasteiger partial charge in [-0.1, -0.05) is 53.9 Å². The van der Waals surface area contributed by atoms with Crippen molar-refractivity contribution in [1.82, 2.24) is 0 Å². The molecule has 0 aromatic heterocycles. The molecule has 4 aliphatic carbocycles. The summed E-state index contributed by atoms with van der Waals surface area (Å²) < 4.78 is 0. The lowest BCUT2D eigenvalue weighted by atomic mass is 9.43. The summed E-state index contributed by atoms with van der Waals surface area (Å²) in [5.74, 6) is 3.65. The van der Waals surface area contributed by atoms with E-state index in [0.717, 1.165) is 30.6 Å². The van der Waals surface area contributed by atoms with Gasteiger partial charge in [-0.25, -0.2) is 0 Å². The van der Waals surface area contributed by atoms with Gasteiger partial charge in [0.15, 0.2) is 0 Å². The Hall–Kier alpha value is -0.120. The third-order valence-corrected chi connectivity index (χ3v) is 10.9. The predicted molar refractivity (Wildman–Crippen MR) is 122 cm³/mol. The van der Waals surface area contributed by atoms with Gasteiger partial charge in [-0.2, -0.15) is 0 Å². The van der Waals surface area contributed by atoms with E-state index in [0.29, 0.717) is 23.7 Å². The van der Waals surface area contributed by atoms with Crippen LogP contribution in [-0.4, -0.2) is 33.6 Å². The lowest BCUT2D eigenvalue weighted by molar-refractivity contribution is -0.223. The van der Waals surface area contributed by atoms with Gasteiger partial charge in [0, 0.05) is 0 Å². The van der Waals surface area contributed by atoms with Gasteiger partial charge in [-0.05, 0) is 97.2 Å². The SMILES string of the molecule is CC(C)CCCC(C)C1CCC2C3C(CC[C@]12C)[C@@]1(C)CC[C@H](O)C[C@@H]1[C@@H](O)[C@@H]3O. The van der Waals surface area contributed by atoms with Gasteiger partial charge < -0.3 is 15.3 Å². The molecular formula is C27H48O3. The van der Waals surface area contributed by atoms with E-state index in [2.05, 4.69) is 34.6 Å². The molecule has 4 aliphatic rings. The molecule has 30 heavy (non-hydrogen) atoms. The Morgan fingerprint density at radius 2 is 1.43 bits per heavy atom. The second-order valence-corrected chi connectivity index (χ2v) is 12.8. The first-order valence-electron chi connectivity index (χ1n) is 13.1. The van der Waals surface area contributed by atoms with E-state index in [1.165, 1.54) is 44.9 Å². The van der Waals surface area contributed by atoms with Crippen molar-refractivity contribution >= 4 is 0 Å². The highest BCUT2D eigenvalue weighted by Crippen LogP contribution is 2.68. The van der Waals surface area contributed by atoms with Gasteiger partial charge in [0.2, 0.25) is 0 Å². The molecule has 0 amide bonds. The maximum Gasteiger partial charge on any atom is 0.0836 e. The molecule has 0 spiro atoms. The van der Waals surface area contributed by atoms with Crippen LogP contribution >= 0.6 is 0 Å². The molecule has 0 aromatic rings. The molecule has 5 unspecified atom stereocenters. The van der Waals surface area contributed by atoms with E-state index in [1.807, 2.05) is 0 Å². The van der Waals surface area contributed by atoms with E-state index in [-0.39, 0.29) is 23.4 Å². The van der Waals surface area contributed by atoms with Gasteiger partial charge in [0.05, 0.1) is 18.3 Å². The third-order valence-electron chi connectivity index (χ3n) is 10.9. The van der Waals surface area contributed by atoms with Gasteiger partial charge in [0.1, 0.15) is 0 Å². The van der Waals surface area contributed by atoms with E-state index < -0.39 is 12.2 Å². The van der Waals surface area contributed by atoms with Crippen molar-refractivity contribution in [3.8, 4) is 0 Å². The zero-order valence-electron chi connectivity index (χ0n) is 20.2. The van der Waals surface area contributed by atoms with Crippen LogP contribution < -0.4 is 0 Å². The summed E-state index contributed by atoms with van der Waals surface area (Å²) in [6.07, 6.45) is 9.94. The summed E-state index contributed by atoms with van der Waals surface area (Å²) in [5.41, 5.74) is 0.390. The summed E-state index contributed by atoms with van der Waals surface area (Å²) in [5, 5.41) is 32.8. The topological polar surface area (TPSA) is 60.7 Å². The maximum atomic E-state index is 11.4. The second kappa shape index (κ2) is 8.34. The monoisotopic (exact) mass is 420 g/mol. The van der Waals surface area contributed by atoms with Crippen LogP contribution in [0.25, 0.3) is 0 Å². The lowest BCUT2D eigenvalue weighted by Gasteiger charge is -2.63. The minimum Gasteiger partial charge on any atom is -0.393 e. The molecule has 0 aliphatic heterocycles. The van der Waals surface area contributed by atoms with E-state index in [4.69, 9.17) is 0 Å². The minimum absolute atomic E-state index is 0.0500. The van der Waals surface area contributed by atoms with Crippen LogP contribution in [-0.2, 0) is 0 Å². The van der Waals surface area contributed by atoms with E-state index >= 15 is 0 Å². The first kappa shape index (κ1) is 23.1. The van der Waals surface area contributed by atoms with Crippen molar-refractivity contribution in [2.45, 2.75) is 117 Å². The molecule has 3 heteroatoms. The predicted octanol–water partition coefficient (Wildman–Crippen LogP) is 5.41. The normalized spacial score (nSPS) is 51.9. The van der Waals surface area contributed by atoms with Crippen LogP contribution in [0.15, 0.2) is 0 Å². The van der Waals surface area contributed by atoms with Gasteiger partial charge >= 0.3 is 0 Å². The standard InChI is InChI=1S/C27H48O3/c1-16(2)7-6-8-17(3)19-9-10-20-23-21(12-14-26(19,20)4)27(5)13-11-18(28)15-22(27)24(29)25(23)30/h16-25,28-30H,6-15H2,1-5H3/t17?,18-,19?,20?,21?,22+,23?,24+,25+,26+,27+/m0/s1. The number of rotatable bonds is 5. The highest BCUT2D eigenvalue weighted by molar-refractivity contribution is 5.14. The Morgan fingerprint density at radius 1 is 0.767 bits per heavy atom. The van der Waals surface area contributed by atoms with Gasteiger partial charge in [-0.15, -0.1) is 0 Å². The van der Waals surface area contributed by atoms with Crippen molar-refractivity contribution in [3.05, 3.63) is 0 Å². The van der Waals surface area contributed by atoms with Crippen molar-refractivity contribution in [2.24, 2.45) is 52.3 Å². The minimum atomic E-state index is -0.670. The summed E-state index contributed by atoms with van der Waals surface area (Å²) in [6, 6.07) is 0. The van der Waals surface area contributed by atoms with Gasteiger partial charge in [0.25, 0.3) is 0 Å². The van der Waals surface area contributed by atoms with Crippen molar-refractivity contribution in [1.29, 1.82) is 0 Å². The zero-order valence-corrected chi connectivity index (χ0v) is 20.2. The molecule has 0 radical (unpaired) electrons. The van der Waals surface area contributed by atoms with Crippen LogP contribution in [0.1, 0.15) is 98.8 Å². The largest absolute Gasteiger partial charge is 0.393 e. The fraction of sp³-hybridized carbons (Fsp3) is 1.00. The number of hydrogen-bond donors (Lipinski definition) is 3. The zero-order chi connectivity index (χ0) is 21.8. The highest BCUT2D eigenvalue weighted by Gasteiger charge is 2.65. The van der Waals surface area contributed by atoms with Crippen molar-refractivity contribution in [2.75, 3.05) is 0 Å². The van der Waals surface area contributed by atoms with Crippen LogP contribution in [0, 0.1) is 52.3 Å². The quantitative estimate of drug-likeness (QED) is 0.557. The van der Waals surface area contributed by atoms with E-state index in [9.17, 15) is 15.3 Å². The molecule has 11 atom stereocenters. The Kier molecular flexibility index (Phi) is 6.41. The Bertz CT molecular complexity index is 605. The van der Waals surface area contributed by atoms with Crippen LogP contribution in [0.3, 0.4) is 0 Å². The molecule has 0 bridgehead atoms. The summed E-state index contributed by atoms with van der Waals surface area (Å²) in [4.78, 5) is 0. The van der Waals surface area contributed by atoms with Crippen LogP contribution in [0.4, 0.5) is 0 Å². The molecule has 0 aromatic carbocycles.